The molecule has 3 aromatic rings. The van der Waals surface area contributed by atoms with Crippen LogP contribution in [0.1, 0.15) is 15.9 Å². The van der Waals surface area contributed by atoms with E-state index >= 15 is 0 Å². The first-order valence-corrected chi connectivity index (χ1v) is 10.8. The summed E-state index contributed by atoms with van der Waals surface area (Å²) in [4.78, 5) is 12.5. The maximum absolute atomic E-state index is 12.6. The normalized spacial score (nSPS) is 10.8. The molecule has 0 saturated carbocycles. The van der Waals surface area contributed by atoms with Crippen molar-refractivity contribution >= 4 is 43.2 Å². The highest BCUT2D eigenvalue weighted by atomic mass is 79.9. The van der Waals surface area contributed by atoms with Crippen LogP contribution in [0.3, 0.4) is 0 Å². The van der Waals surface area contributed by atoms with Crippen molar-refractivity contribution in [2.45, 2.75) is 11.3 Å². The molecule has 0 aliphatic rings. The van der Waals surface area contributed by atoms with E-state index in [1.807, 2.05) is 0 Å². The number of benzene rings is 3. The third kappa shape index (κ3) is 5.44. The van der Waals surface area contributed by atoms with Crippen molar-refractivity contribution in [3.63, 3.8) is 0 Å². The Hall–Kier alpha value is -3.15. The highest BCUT2D eigenvalue weighted by Crippen LogP contribution is 2.20. The van der Waals surface area contributed by atoms with Crippen molar-refractivity contribution in [3.8, 4) is 6.07 Å². The van der Waals surface area contributed by atoms with Crippen LogP contribution >= 0.6 is 15.9 Å². The molecular formula is C21H16BrN3O3S. The van der Waals surface area contributed by atoms with Gasteiger partial charge in [0.15, 0.2) is 0 Å². The molecule has 3 aromatic carbocycles. The number of nitrogens with zero attached hydrogens (tertiary/aromatic N) is 1. The molecule has 0 fully saturated rings. The van der Waals surface area contributed by atoms with Gasteiger partial charge >= 0.3 is 0 Å². The highest BCUT2D eigenvalue weighted by molar-refractivity contribution is 9.10. The summed E-state index contributed by atoms with van der Waals surface area (Å²) >= 11 is 3.30. The molecule has 29 heavy (non-hydrogen) atoms. The molecule has 3 rings (SSSR count). The Balaban J connectivity index is 1.76. The molecule has 0 radical (unpaired) electrons. The molecule has 0 unspecified atom stereocenters. The van der Waals surface area contributed by atoms with E-state index in [1.54, 1.807) is 48.5 Å². The smallest absolute Gasteiger partial charge is 0.261 e. The number of halogens is 1. The fourth-order valence-electron chi connectivity index (χ4n) is 2.54. The van der Waals surface area contributed by atoms with E-state index in [2.05, 4.69) is 32.0 Å². The first-order valence-electron chi connectivity index (χ1n) is 8.53. The van der Waals surface area contributed by atoms with Gasteiger partial charge in [0.1, 0.15) is 0 Å². The topological polar surface area (TPSA) is 99.1 Å². The molecule has 8 heteroatoms. The molecule has 0 heterocycles. The van der Waals surface area contributed by atoms with Crippen LogP contribution in [-0.2, 0) is 16.4 Å². The number of amides is 1. The predicted molar refractivity (Wildman–Crippen MR) is 115 cm³/mol. The van der Waals surface area contributed by atoms with Crippen LogP contribution in [-0.4, -0.2) is 14.3 Å². The third-order valence-electron chi connectivity index (χ3n) is 4.00. The lowest BCUT2D eigenvalue weighted by Crippen LogP contribution is -2.16. The largest absolute Gasteiger partial charge is 0.322 e. The van der Waals surface area contributed by atoms with Crippen LogP contribution in [0.4, 0.5) is 11.4 Å². The Morgan fingerprint density at radius 3 is 2.28 bits per heavy atom. The summed E-state index contributed by atoms with van der Waals surface area (Å²) in [5, 5.41) is 11.4. The van der Waals surface area contributed by atoms with E-state index in [1.165, 1.54) is 24.3 Å². The summed E-state index contributed by atoms with van der Waals surface area (Å²) in [6.45, 7) is 0. The Morgan fingerprint density at radius 2 is 1.62 bits per heavy atom. The van der Waals surface area contributed by atoms with Crippen LogP contribution in [0, 0.1) is 11.3 Å². The molecule has 1 amide bonds. The number of carbonyl (C=O) groups excluding carboxylic acids is 1. The van der Waals surface area contributed by atoms with Gasteiger partial charge in [-0.2, -0.15) is 5.26 Å². The summed E-state index contributed by atoms with van der Waals surface area (Å²) in [7, 11) is -3.84. The van der Waals surface area contributed by atoms with Gasteiger partial charge in [-0.15, -0.1) is 0 Å². The zero-order valence-corrected chi connectivity index (χ0v) is 17.5. The number of anilines is 2. The van der Waals surface area contributed by atoms with Crippen LogP contribution in [0.2, 0.25) is 0 Å². The SMILES string of the molecule is N#CCc1ccc(NC(=O)c2cccc(S(=O)(=O)Nc3ccc(Br)cc3)c2)cc1. The summed E-state index contributed by atoms with van der Waals surface area (Å²) < 4.78 is 28.6. The van der Waals surface area contributed by atoms with Gasteiger partial charge in [-0.1, -0.05) is 34.1 Å². The molecule has 6 nitrogen and oxygen atoms in total. The number of hydrogen-bond donors (Lipinski definition) is 2. The minimum Gasteiger partial charge on any atom is -0.322 e. The Morgan fingerprint density at radius 1 is 0.966 bits per heavy atom. The van der Waals surface area contributed by atoms with Crippen molar-refractivity contribution in [3.05, 3.63) is 88.4 Å². The fraction of sp³-hybridized carbons (Fsp3) is 0.0476. The molecule has 0 bridgehead atoms. The van der Waals surface area contributed by atoms with Crippen LogP contribution in [0.15, 0.2) is 82.2 Å². The van der Waals surface area contributed by atoms with Gasteiger partial charge in [0.05, 0.1) is 17.4 Å². The zero-order chi connectivity index (χ0) is 20.9. The van der Waals surface area contributed by atoms with Gasteiger partial charge in [0.2, 0.25) is 0 Å². The van der Waals surface area contributed by atoms with E-state index in [0.29, 0.717) is 17.8 Å². The maximum atomic E-state index is 12.6. The quantitative estimate of drug-likeness (QED) is 0.552. The van der Waals surface area contributed by atoms with Gasteiger partial charge in [0, 0.05) is 21.4 Å². The molecular weight excluding hydrogens is 454 g/mol. The molecule has 2 N–H and O–H groups in total. The number of nitriles is 1. The minimum atomic E-state index is -3.84. The maximum Gasteiger partial charge on any atom is 0.261 e. The van der Waals surface area contributed by atoms with Crippen molar-refractivity contribution in [2.75, 3.05) is 10.0 Å². The van der Waals surface area contributed by atoms with Crippen molar-refractivity contribution < 1.29 is 13.2 Å². The van der Waals surface area contributed by atoms with Crippen molar-refractivity contribution in [1.29, 1.82) is 5.26 Å². The monoisotopic (exact) mass is 469 g/mol. The summed E-state index contributed by atoms with van der Waals surface area (Å²) in [5.41, 5.74) is 2.03. The summed E-state index contributed by atoms with van der Waals surface area (Å²) in [5.74, 6) is -0.432. The average Bonchev–Trinajstić information content (AvgIpc) is 2.71. The number of rotatable bonds is 6. The molecule has 0 aliphatic heterocycles. The molecule has 0 aliphatic carbocycles. The summed E-state index contributed by atoms with van der Waals surface area (Å²) in [6.07, 6.45) is 0.291. The lowest BCUT2D eigenvalue weighted by Gasteiger charge is -2.10. The predicted octanol–water partition coefficient (Wildman–Crippen LogP) is 4.57. The summed E-state index contributed by atoms with van der Waals surface area (Å²) in [6, 6.07) is 21.5. The first kappa shape index (κ1) is 20.6. The number of sulfonamides is 1. The van der Waals surface area contributed by atoms with E-state index in [-0.39, 0.29) is 10.5 Å². The zero-order valence-electron chi connectivity index (χ0n) is 15.1. The van der Waals surface area contributed by atoms with E-state index in [4.69, 9.17) is 5.26 Å². The van der Waals surface area contributed by atoms with E-state index in [9.17, 15) is 13.2 Å². The molecule has 146 valence electrons. The molecule has 0 aromatic heterocycles. The Bertz CT molecular complexity index is 1170. The van der Waals surface area contributed by atoms with Gasteiger partial charge in [-0.25, -0.2) is 8.42 Å². The van der Waals surface area contributed by atoms with Crippen molar-refractivity contribution in [1.82, 2.24) is 0 Å². The standard InChI is InChI=1S/C21H16BrN3O3S/c22-17-6-10-19(11-7-17)25-29(27,28)20-3-1-2-16(14-20)21(26)24-18-8-4-15(5-9-18)12-13-23/h1-11,14,25H,12H2,(H,24,26). The van der Waals surface area contributed by atoms with Crippen molar-refractivity contribution in [2.24, 2.45) is 0 Å². The lowest BCUT2D eigenvalue weighted by atomic mass is 10.1. The van der Waals surface area contributed by atoms with Gasteiger partial charge in [-0.3, -0.25) is 9.52 Å². The molecule has 0 saturated heterocycles. The molecule has 0 spiro atoms. The number of hydrogen-bond acceptors (Lipinski definition) is 4. The first-order chi connectivity index (χ1) is 13.9. The van der Waals surface area contributed by atoms with Crippen LogP contribution in [0.5, 0.6) is 0 Å². The van der Waals surface area contributed by atoms with Gasteiger partial charge < -0.3 is 5.32 Å². The van der Waals surface area contributed by atoms with Crippen LogP contribution < -0.4 is 10.0 Å². The lowest BCUT2D eigenvalue weighted by molar-refractivity contribution is 0.102. The van der Waals surface area contributed by atoms with E-state index < -0.39 is 15.9 Å². The number of nitrogens with one attached hydrogen (secondary N) is 2. The van der Waals surface area contributed by atoms with E-state index in [0.717, 1.165) is 10.0 Å². The Labute approximate surface area is 177 Å². The minimum absolute atomic E-state index is 0.0163. The Kier molecular flexibility index (Phi) is 6.32. The third-order valence-corrected chi connectivity index (χ3v) is 5.91. The second-order valence-electron chi connectivity index (χ2n) is 6.13. The van der Waals surface area contributed by atoms with Gasteiger partial charge in [0.25, 0.3) is 15.9 Å². The second-order valence-corrected chi connectivity index (χ2v) is 8.72. The fourth-order valence-corrected chi connectivity index (χ4v) is 3.91. The number of carbonyl (C=O) groups is 1. The van der Waals surface area contributed by atoms with Crippen LogP contribution in [0.25, 0.3) is 0 Å². The highest BCUT2D eigenvalue weighted by Gasteiger charge is 2.16. The molecule has 0 atom stereocenters. The second kappa shape index (κ2) is 8.90. The average molecular weight is 470 g/mol. The van der Waals surface area contributed by atoms with Gasteiger partial charge in [-0.05, 0) is 60.2 Å².